The molecule has 0 bridgehead atoms. The maximum atomic E-state index is 9.11. The summed E-state index contributed by atoms with van der Waals surface area (Å²) in [6.45, 7) is 0. The minimum Gasteiger partial charge on any atom is -1.00 e. The van der Waals surface area contributed by atoms with E-state index in [0.717, 1.165) is 0 Å². The minimum atomic E-state index is -1.61. The molecule has 3 nitrogen and oxygen atoms in total. The smallest absolute Gasteiger partial charge is 1.00 e. The molecule has 0 saturated heterocycles. The Morgan fingerprint density at radius 3 is 1.83 bits per heavy atom. The van der Waals surface area contributed by atoms with E-state index in [1.165, 1.54) is 6.26 Å². The summed E-state index contributed by atoms with van der Waals surface area (Å²) in [5.74, 6) is 0. The van der Waals surface area contributed by atoms with Gasteiger partial charge in [0.25, 0.3) is 0 Å². The molecule has 0 saturated carbocycles. The summed E-state index contributed by atoms with van der Waals surface area (Å²) in [6, 6.07) is 0. The average molecular weight is 122 g/mol. The normalized spacial score (nSPS) is 10.3. The van der Waals surface area contributed by atoms with Gasteiger partial charge < -0.3 is 11.5 Å². The van der Waals surface area contributed by atoms with E-state index in [2.05, 4.69) is 0 Å². The zero-order valence-electron chi connectivity index (χ0n) is 4.76. The van der Waals surface area contributed by atoms with Crippen molar-refractivity contribution < 1.29 is 45.2 Å². The predicted octanol–water partition coefficient (Wildman–Crippen LogP) is -3.87. The molecule has 0 aliphatic rings. The Kier molecular flexibility index (Phi) is 24.7. The van der Waals surface area contributed by atoms with Crippen molar-refractivity contribution in [2.24, 2.45) is 0 Å². The first-order chi connectivity index (χ1) is 1.73. The van der Waals surface area contributed by atoms with Gasteiger partial charge in [-0.15, -0.1) is 0 Å². The van der Waals surface area contributed by atoms with Crippen LogP contribution in [0, 0.1) is 0 Å². The predicted molar refractivity (Wildman–Crippen MR) is 21.4 cm³/mol. The largest absolute Gasteiger partial charge is 1.00 e. The Hall–Kier alpha value is 1.07. The molecule has 6 heavy (non-hydrogen) atoms. The van der Waals surface area contributed by atoms with Gasteiger partial charge >= 0.3 is 29.6 Å². The Morgan fingerprint density at radius 2 is 1.83 bits per heavy atom. The number of hydrogen-bond donors (Lipinski definition) is 1. The minimum absolute atomic E-state index is 0. The van der Waals surface area contributed by atoms with Crippen LogP contribution in [0.3, 0.4) is 0 Å². The third-order valence-corrected chi connectivity index (χ3v) is 0. The summed E-state index contributed by atoms with van der Waals surface area (Å²) in [5.41, 5.74) is 0. The molecule has 36 valence electrons. The second kappa shape index (κ2) is 9.42. The van der Waals surface area contributed by atoms with E-state index in [-0.39, 0.29) is 36.5 Å². The van der Waals surface area contributed by atoms with E-state index in [0.29, 0.717) is 0 Å². The van der Waals surface area contributed by atoms with Crippen LogP contribution in [0.2, 0.25) is 0 Å². The molecule has 0 aromatic carbocycles. The second-order valence-electron chi connectivity index (χ2n) is 0.424. The molecule has 0 amide bonds. The molecule has 0 fully saturated rings. The zero-order valence-corrected chi connectivity index (χ0v) is 6.58. The van der Waals surface area contributed by atoms with E-state index < -0.39 is 11.1 Å². The van der Waals surface area contributed by atoms with Crippen molar-refractivity contribution in [3.63, 3.8) is 0 Å². The molecular weight excluding hydrogens is 115 g/mol. The van der Waals surface area contributed by atoms with Crippen LogP contribution in [0.15, 0.2) is 0 Å². The van der Waals surface area contributed by atoms with Crippen LogP contribution in [-0.2, 0) is 11.1 Å². The average Bonchev–Trinajstić information content (AvgIpc) is 0.811. The van der Waals surface area contributed by atoms with Crippen LogP contribution >= 0.6 is 0 Å². The third-order valence-electron chi connectivity index (χ3n) is 0. The van der Waals surface area contributed by atoms with Crippen molar-refractivity contribution in [3.05, 3.63) is 0 Å². The van der Waals surface area contributed by atoms with Crippen LogP contribution < -0.4 is 29.6 Å². The molecule has 0 radical (unpaired) electrons. The fourth-order valence-corrected chi connectivity index (χ4v) is 0. The van der Waals surface area contributed by atoms with Crippen LogP contribution in [0.25, 0.3) is 0 Å². The molecule has 0 aromatic rings. The first-order valence-electron chi connectivity index (χ1n) is 0.757. The molecule has 1 unspecified atom stereocenters. The van der Waals surface area contributed by atoms with Crippen molar-refractivity contribution >= 4 is 11.1 Å². The van der Waals surface area contributed by atoms with Gasteiger partial charge in [-0.2, -0.15) is 0 Å². The summed E-state index contributed by atoms with van der Waals surface area (Å²) in [6.07, 6.45) is 1.19. The quantitative estimate of drug-likeness (QED) is 0.264. The summed E-state index contributed by atoms with van der Waals surface area (Å²) in [5, 5.41) is 0. The van der Waals surface area contributed by atoms with Gasteiger partial charge in [-0.05, 0) is 0 Å². The fraction of sp³-hybridized carbons (Fsp3) is 1.00. The van der Waals surface area contributed by atoms with Gasteiger partial charge in [-0.3, -0.25) is 0 Å². The van der Waals surface area contributed by atoms with E-state index >= 15 is 0 Å². The van der Waals surface area contributed by atoms with E-state index in [1.807, 2.05) is 0 Å². The van der Waals surface area contributed by atoms with Gasteiger partial charge in [0, 0.05) is 6.26 Å². The van der Waals surface area contributed by atoms with E-state index in [4.69, 9.17) is 8.76 Å². The van der Waals surface area contributed by atoms with Crippen LogP contribution in [0.5, 0.6) is 0 Å². The van der Waals surface area contributed by atoms with Crippen molar-refractivity contribution in [3.8, 4) is 0 Å². The monoisotopic (exact) mass is 122 g/mol. The number of hydrogen-bond acceptors (Lipinski definition) is 1. The van der Waals surface area contributed by atoms with Gasteiger partial charge in [-0.25, -0.2) is 4.21 Å². The van der Waals surface area contributed by atoms with E-state index in [1.54, 1.807) is 0 Å². The SMILES string of the molecule is CS(=O)O.O.[H-].[Na+]. The summed E-state index contributed by atoms with van der Waals surface area (Å²) in [4.78, 5) is 0. The summed E-state index contributed by atoms with van der Waals surface area (Å²) >= 11 is -1.61. The topological polar surface area (TPSA) is 68.8 Å². The van der Waals surface area contributed by atoms with Gasteiger partial charge in [0.2, 0.25) is 0 Å². The molecule has 0 rings (SSSR count). The first kappa shape index (κ1) is 15.7. The fourth-order valence-electron chi connectivity index (χ4n) is 0. The van der Waals surface area contributed by atoms with Gasteiger partial charge in [0.15, 0.2) is 0 Å². The van der Waals surface area contributed by atoms with Gasteiger partial charge in [0.1, 0.15) is 11.1 Å². The maximum Gasteiger partial charge on any atom is 1.00 e. The molecule has 0 heterocycles. The molecule has 1 atom stereocenters. The molecule has 3 N–H and O–H groups in total. The van der Waals surface area contributed by atoms with Crippen molar-refractivity contribution in [2.45, 2.75) is 0 Å². The van der Waals surface area contributed by atoms with E-state index in [9.17, 15) is 0 Å². The van der Waals surface area contributed by atoms with Crippen molar-refractivity contribution in [2.75, 3.05) is 6.26 Å². The Morgan fingerprint density at radius 1 is 1.83 bits per heavy atom. The molecule has 5 heteroatoms. The molecule has 0 aliphatic heterocycles. The molecule has 0 aliphatic carbocycles. The van der Waals surface area contributed by atoms with Crippen molar-refractivity contribution in [1.29, 1.82) is 0 Å². The van der Waals surface area contributed by atoms with Crippen LogP contribution in [0.4, 0.5) is 0 Å². The van der Waals surface area contributed by atoms with Crippen LogP contribution in [-0.4, -0.2) is 20.5 Å². The van der Waals surface area contributed by atoms with Gasteiger partial charge in [-0.1, -0.05) is 0 Å². The standard InChI is InChI=1S/CH4O2S.Na.H2O.H/c1-4(2)3;;;/h1H3,(H,2,3);;1H2;/q;+1;;-1. The Labute approximate surface area is 62.5 Å². The van der Waals surface area contributed by atoms with Crippen molar-refractivity contribution in [1.82, 2.24) is 0 Å². The Balaban J connectivity index is -0.0000000150. The maximum absolute atomic E-state index is 9.11. The summed E-state index contributed by atoms with van der Waals surface area (Å²) in [7, 11) is 0. The molecular formula is CH7NaO3S. The Bertz CT molecular complexity index is 37.9. The van der Waals surface area contributed by atoms with Gasteiger partial charge in [0.05, 0.1) is 0 Å². The third kappa shape index (κ3) is 73.4. The number of rotatable bonds is 0. The molecule has 0 spiro atoms. The van der Waals surface area contributed by atoms with Crippen LogP contribution in [0.1, 0.15) is 1.43 Å². The summed E-state index contributed by atoms with van der Waals surface area (Å²) < 4.78 is 16.6. The molecule has 0 aromatic heterocycles. The second-order valence-corrected chi connectivity index (χ2v) is 1.27. The zero-order chi connectivity index (χ0) is 3.58. The first-order valence-corrected chi connectivity index (χ1v) is 2.27.